The summed E-state index contributed by atoms with van der Waals surface area (Å²) < 4.78 is 0. The predicted octanol–water partition coefficient (Wildman–Crippen LogP) is 2.93. The van der Waals surface area contributed by atoms with Crippen LogP contribution in [0.1, 0.15) is 11.1 Å². The van der Waals surface area contributed by atoms with Crippen LogP contribution in [0.4, 0.5) is 0 Å². The van der Waals surface area contributed by atoms with E-state index in [4.69, 9.17) is 0 Å². The minimum absolute atomic E-state index is 0.772. The molecule has 0 aromatic heterocycles. The van der Waals surface area contributed by atoms with E-state index in [1.54, 1.807) is 0 Å². The Balaban J connectivity index is 2.22. The highest BCUT2D eigenvalue weighted by molar-refractivity contribution is 7.55. The summed E-state index contributed by atoms with van der Waals surface area (Å²) in [6.07, 6.45) is 0. The van der Waals surface area contributed by atoms with Crippen LogP contribution in [-0.4, -0.2) is 0 Å². The lowest BCUT2D eigenvalue weighted by atomic mass is 10.2. The maximum Gasteiger partial charge on any atom is -0.0197 e. The van der Waals surface area contributed by atoms with Gasteiger partial charge in [0.05, 0.1) is 0 Å². The second kappa shape index (κ2) is 4.59. The molecule has 2 rings (SSSR count). The van der Waals surface area contributed by atoms with Gasteiger partial charge in [0, 0.05) is 0 Å². The number of aryl methyl sites for hydroxylation is 2. The van der Waals surface area contributed by atoms with E-state index in [0.717, 1.165) is 8.58 Å². The van der Waals surface area contributed by atoms with E-state index in [-0.39, 0.29) is 0 Å². The van der Waals surface area contributed by atoms with Crippen molar-refractivity contribution < 1.29 is 0 Å². The van der Waals surface area contributed by atoms with E-state index in [0.29, 0.717) is 0 Å². The maximum atomic E-state index is 2.22. The molecule has 0 aliphatic heterocycles. The van der Waals surface area contributed by atoms with Crippen molar-refractivity contribution in [2.45, 2.75) is 13.8 Å². The van der Waals surface area contributed by atoms with E-state index < -0.39 is 0 Å². The van der Waals surface area contributed by atoms with Crippen LogP contribution in [-0.2, 0) is 0 Å². The quantitative estimate of drug-likeness (QED) is 0.674. The second-order valence-electron chi connectivity index (χ2n) is 3.81. The largest absolute Gasteiger partial charge is 0.0620 e. The highest BCUT2D eigenvalue weighted by atomic mass is 31.1. The molecule has 0 radical (unpaired) electrons. The molecule has 0 saturated heterocycles. The Morgan fingerprint density at radius 1 is 0.800 bits per heavy atom. The van der Waals surface area contributed by atoms with Crippen molar-refractivity contribution in [3.8, 4) is 0 Å². The van der Waals surface area contributed by atoms with Crippen LogP contribution in [0.25, 0.3) is 0 Å². The third kappa shape index (κ3) is 2.67. The zero-order valence-corrected chi connectivity index (χ0v) is 10.1. The van der Waals surface area contributed by atoms with E-state index >= 15 is 0 Å². The summed E-state index contributed by atoms with van der Waals surface area (Å²) in [7, 11) is 0.772. The van der Waals surface area contributed by atoms with Crippen LogP contribution in [0.5, 0.6) is 0 Å². The van der Waals surface area contributed by atoms with Crippen LogP contribution in [0.2, 0.25) is 0 Å². The van der Waals surface area contributed by atoms with Crippen LogP contribution < -0.4 is 10.6 Å². The normalized spacial score (nSPS) is 11.1. The third-order valence-corrected chi connectivity index (χ3v) is 3.93. The molecule has 0 fully saturated rings. The molecule has 1 atom stereocenters. The van der Waals surface area contributed by atoms with Crippen molar-refractivity contribution in [3.63, 3.8) is 0 Å². The van der Waals surface area contributed by atoms with E-state index in [1.807, 2.05) is 0 Å². The van der Waals surface area contributed by atoms with Crippen molar-refractivity contribution in [3.05, 3.63) is 59.7 Å². The summed E-state index contributed by atoms with van der Waals surface area (Å²) >= 11 is 0. The fourth-order valence-corrected chi connectivity index (χ4v) is 2.61. The summed E-state index contributed by atoms with van der Waals surface area (Å²) in [6, 6.07) is 17.4. The number of benzene rings is 2. The Bertz CT molecular complexity index is 443. The molecule has 0 bridgehead atoms. The lowest BCUT2D eigenvalue weighted by Gasteiger charge is -2.05. The van der Waals surface area contributed by atoms with Gasteiger partial charge in [-0.25, -0.2) is 0 Å². The van der Waals surface area contributed by atoms with Gasteiger partial charge in [-0.2, -0.15) is 0 Å². The van der Waals surface area contributed by atoms with Gasteiger partial charge in [-0.15, -0.1) is 0 Å². The molecular weight excluding hydrogens is 199 g/mol. The molecule has 0 spiro atoms. The molecule has 0 amide bonds. The van der Waals surface area contributed by atoms with Gasteiger partial charge in [-0.1, -0.05) is 62.7 Å². The van der Waals surface area contributed by atoms with Gasteiger partial charge in [0.2, 0.25) is 0 Å². The predicted molar refractivity (Wildman–Crippen MR) is 69.9 cm³/mol. The monoisotopic (exact) mass is 214 g/mol. The molecule has 0 aliphatic carbocycles. The minimum atomic E-state index is 0.772. The van der Waals surface area contributed by atoms with E-state index in [2.05, 4.69) is 62.4 Å². The van der Waals surface area contributed by atoms with Gasteiger partial charge in [0.15, 0.2) is 0 Å². The number of hydrogen-bond acceptors (Lipinski definition) is 0. The fourth-order valence-electron chi connectivity index (χ4n) is 1.51. The topological polar surface area (TPSA) is 0 Å². The Hall–Kier alpha value is -1.13. The number of hydrogen-bond donors (Lipinski definition) is 0. The van der Waals surface area contributed by atoms with Crippen LogP contribution >= 0.6 is 8.58 Å². The summed E-state index contributed by atoms with van der Waals surface area (Å²) in [6.45, 7) is 4.30. The molecule has 0 saturated carbocycles. The molecule has 0 aliphatic rings. The highest BCUT2D eigenvalue weighted by Gasteiger charge is 1.98. The van der Waals surface area contributed by atoms with Crippen molar-refractivity contribution in [1.29, 1.82) is 0 Å². The van der Waals surface area contributed by atoms with Gasteiger partial charge in [0.1, 0.15) is 0 Å². The first-order valence-electron chi connectivity index (χ1n) is 5.15. The molecular formula is C14H15P. The lowest BCUT2D eigenvalue weighted by molar-refractivity contribution is 1.49. The number of rotatable bonds is 2. The second-order valence-corrected chi connectivity index (χ2v) is 5.17. The summed E-state index contributed by atoms with van der Waals surface area (Å²) in [4.78, 5) is 0. The van der Waals surface area contributed by atoms with E-state index in [9.17, 15) is 0 Å². The summed E-state index contributed by atoms with van der Waals surface area (Å²) in [5.41, 5.74) is 2.71. The van der Waals surface area contributed by atoms with Gasteiger partial charge in [-0.3, -0.25) is 0 Å². The molecule has 2 aromatic carbocycles. The molecule has 0 N–H and O–H groups in total. The van der Waals surface area contributed by atoms with Crippen molar-refractivity contribution in [2.75, 3.05) is 0 Å². The van der Waals surface area contributed by atoms with Gasteiger partial charge >= 0.3 is 0 Å². The van der Waals surface area contributed by atoms with Gasteiger partial charge in [-0.05, 0) is 30.0 Å². The van der Waals surface area contributed by atoms with Crippen LogP contribution in [0, 0.1) is 13.8 Å². The van der Waals surface area contributed by atoms with Crippen LogP contribution in [0.3, 0.4) is 0 Å². The molecule has 1 heteroatoms. The molecule has 1 unspecified atom stereocenters. The zero-order valence-electron chi connectivity index (χ0n) is 9.12. The van der Waals surface area contributed by atoms with E-state index in [1.165, 1.54) is 21.7 Å². The zero-order chi connectivity index (χ0) is 10.7. The molecule has 2 aromatic rings. The Kier molecular flexibility index (Phi) is 3.18. The first kappa shape index (κ1) is 10.4. The first-order chi connectivity index (χ1) is 7.25. The van der Waals surface area contributed by atoms with Gasteiger partial charge in [0.25, 0.3) is 0 Å². The Morgan fingerprint density at radius 2 is 1.47 bits per heavy atom. The Morgan fingerprint density at radius 3 is 2.13 bits per heavy atom. The summed E-state index contributed by atoms with van der Waals surface area (Å²) in [5, 5.41) is 2.86. The van der Waals surface area contributed by atoms with Gasteiger partial charge < -0.3 is 0 Å². The molecule has 0 heterocycles. The maximum absolute atomic E-state index is 2.22. The minimum Gasteiger partial charge on any atom is -0.0620 e. The molecule has 15 heavy (non-hydrogen) atoms. The Labute approximate surface area is 93.1 Å². The van der Waals surface area contributed by atoms with Crippen LogP contribution in [0.15, 0.2) is 48.5 Å². The molecule has 0 nitrogen and oxygen atoms in total. The highest BCUT2D eigenvalue weighted by Crippen LogP contribution is 2.13. The first-order valence-corrected chi connectivity index (χ1v) is 6.15. The average molecular weight is 214 g/mol. The fraction of sp³-hybridized carbons (Fsp3) is 0.143. The van der Waals surface area contributed by atoms with Crippen molar-refractivity contribution in [2.24, 2.45) is 0 Å². The standard InChI is InChI=1S/C14H15P/c1-11-7-9-13(10-8-11)15-14-6-4-3-5-12(14)2/h3-10,15H,1-2H3. The van der Waals surface area contributed by atoms with Crippen molar-refractivity contribution in [1.82, 2.24) is 0 Å². The SMILES string of the molecule is Cc1ccc(Pc2ccccc2C)cc1. The smallest absolute Gasteiger partial charge is 0.0197 e. The molecule has 76 valence electrons. The summed E-state index contributed by atoms with van der Waals surface area (Å²) in [5.74, 6) is 0. The average Bonchev–Trinajstić information content (AvgIpc) is 2.25. The third-order valence-electron chi connectivity index (χ3n) is 2.48. The lowest BCUT2D eigenvalue weighted by Crippen LogP contribution is -2.05. The van der Waals surface area contributed by atoms with Crippen molar-refractivity contribution >= 4 is 19.2 Å².